The Morgan fingerprint density at radius 2 is 2.16 bits per heavy atom. The predicted octanol–water partition coefficient (Wildman–Crippen LogP) is 2.72. The Morgan fingerprint density at radius 3 is 2.68 bits per heavy atom. The van der Waals surface area contributed by atoms with Crippen LogP contribution in [0.25, 0.3) is 0 Å². The molecule has 1 aliphatic carbocycles. The molecule has 1 saturated carbocycles. The molecule has 0 bridgehead atoms. The lowest BCUT2D eigenvalue weighted by atomic mass is 10.1. The van der Waals surface area contributed by atoms with Gasteiger partial charge in [0.25, 0.3) is 0 Å². The van der Waals surface area contributed by atoms with Crippen LogP contribution < -0.4 is 10.6 Å². The SMILES string of the molecule is Cc1cccc(N(CCCN)C(=O)C2CC2(C)C)c1. The van der Waals surface area contributed by atoms with Crippen molar-refractivity contribution >= 4 is 11.6 Å². The Balaban J connectivity index is 2.18. The average molecular weight is 260 g/mol. The Labute approximate surface area is 115 Å². The van der Waals surface area contributed by atoms with Crippen LogP contribution in [-0.2, 0) is 4.79 Å². The van der Waals surface area contributed by atoms with Crippen molar-refractivity contribution in [3.8, 4) is 0 Å². The molecule has 0 saturated heterocycles. The number of aryl methyl sites for hydroxylation is 1. The number of nitrogens with zero attached hydrogens (tertiary/aromatic N) is 1. The molecule has 0 aromatic heterocycles. The first kappa shape index (κ1) is 14.1. The molecule has 1 fully saturated rings. The summed E-state index contributed by atoms with van der Waals surface area (Å²) in [6, 6.07) is 8.14. The summed E-state index contributed by atoms with van der Waals surface area (Å²) in [5.41, 5.74) is 7.94. The molecular weight excluding hydrogens is 236 g/mol. The van der Waals surface area contributed by atoms with E-state index in [-0.39, 0.29) is 17.2 Å². The summed E-state index contributed by atoms with van der Waals surface area (Å²) in [5.74, 6) is 0.426. The van der Waals surface area contributed by atoms with E-state index in [0.29, 0.717) is 13.1 Å². The van der Waals surface area contributed by atoms with Crippen LogP contribution >= 0.6 is 0 Å². The van der Waals surface area contributed by atoms with E-state index in [1.165, 1.54) is 5.56 Å². The number of nitrogens with two attached hydrogens (primary N) is 1. The van der Waals surface area contributed by atoms with Gasteiger partial charge in [0.05, 0.1) is 0 Å². The van der Waals surface area contributed by atoms with Gasteiger partial charge >= 0.3 is 0 Å². The lowest BCUT2D eigenvalue weighted by molar-refractivity contribution is -0.120. The standard InChI is InChI=1S/C16H24N2O/c1-12-6-4-7-13(10-12)18(9-5-8-17)15(19)14-11-16(14,2)3/h4,6-7,10,14H,5,8-9,11,17H2,1-3H3. The van der Waals surface area contributed by atoms with Gasteiger partial charge in [-0.05, 0) is 49.4 Å². The highest BCUT2D eigenvalue weighted by Gasteiger charge is 2.52. The topological polar surface area (TPSA) is 46.3 Å². The molecule has 3 heteroatoms. The summed E-state index contributed by atoms with van der Waals surface area (Å²) in [6.07, 6.45) is 1.84. The minimum atomic E-state index is 0.169. The third kappa shape index (κ3) is 3.16. The monoisotopic (exact) mass is 260 g/mol. The number of benzene rings is 1. The van der Waals surface area contributed by atoms with Crippen LogP contribution in [0, 0.1) is 18.3 Å². The van der Waals surface area contributed by atoms with Crippen LogP contribution in [-0.4, -0.2) is 19.0 Å². The molecule has 1 aliphatic rings. The van der Waals surface area contributed by atoms with Gasteiger partial charge in [0.1, 0.15) is 0 Å². The van der Waals surface area contributed by atoms with Crippen molar-refractivity contribution in [3.63, 3.8) is 0 Å². The van der Waals surface area contributed by atoms with Gasteiger partial charge < -0.3 is 10.6 Å². The van der Waals surface area contributed by atoms with Gasteiger partial charge in [0.2, 0.25) is 5.91 Å². The van der Waals surface area contributed by atoms with Crippen LogP contribution in [0.15, 0.2) is 24.3 Å². The van der Waals surface area contributed by atoms with Gasteiger partial charge in [-0.1, -0.05) is 26.0 Å². The van der Waals surface area contributed by atoms with E-state index in [4.69, 9.17) is 5.73 Å². The highest BCUT2D eigenvalue weighted by Crippen LogP contribution is 2.52. The number of carbonyl (C=O) groups is 1. The molecule has 0 aliphatic heterocycles. The van der Waals surface area contributed by atoms with Crippen LogP contribution in [0.1, 0.15) is 32.3 Å². The third-order valence-electron chi connectivity index (χ3n) is 3.98. The molecule has 1 amide bonds. The normalized spacial score (nSPS) is 20.1. The zero-order valence-electron chi connectivity index (χ0n) is 12.1. The van der Waals surface area contributed by atoms with Crippen LogP contribution in [0.5, 0.6) is 0 Å². The molecule has 1 aromatic carbocycles. The summed E-state index contributed by atoms with van der Waals surface area (Å²) in [4.78, 5) is 14.5. The number of amides is 1. The minimum Gasteiger partial charge on any atom is -0.330 e. The van der Waals surface area contributed by atoms with Crippen LogP contribution in [0.2, 0.25) is 0 Å². The maximum absolute atomic E-state index is 12.6. The fraction of sp³-hybridized carbons (Fsp3) is 0.562. The fourth-order valence-electron chi connectivity index (χ4n) is 2.49. The van der Waals surface area contributed by atoms with Gasteiger partial charge in [-0.3, -0.25) is 4.79 Å². The Kier molecular flexibility index (Phi) is 3.95. The summed E-state index contributed by atoms with van der Waals surface area (Å²) >= 11 is 0. The highest BCUT2D eigenvalue weighted by atomic mass is 16.2. The molecule has 0 spiro atoms. The second-order valence-corrected chi connectivity index (χ2v) is 6.22. The van der Waals surface area contributed by atoms with Crippen molar-refractivity contribution in [3.05, 3.63) is 29.8 Å². The number of hydrogen-bond acceptors (Lipinski definition) is 2. The molecule has 1 atom stereocenters. The Bertz CT molecular complexity index is 468. The molecule has 3 nitrogen and oxygen atoms in total. The predicted molar refractivity (Wildman–Crippen MR) is 79.1 cm³/mol. The van der Waals surface area contributed by atoms with Gasteiger partial charge in [0, 0.05) is 18.2 Å². The van der Waals surface area contributed by atoms with Crippen molar-refractivity contribution < 1.29 is 4.79 Å². The average Bonchev–Trinajstić information content (AvgIpc) is 2.99. The smallest absolute Gasteiger partial charge is 0.230 e. The largest absolute Gasteiger partial charge is 0.330 e. The second-order valence-electron chi connectivity index (χ2n) is 6.22. The van der Waals surface area contributed by atoms with Crippen molar-refractivity contribution in [2.24, 2.45) is 17.1 Å². The van der Waals surface area contributed by atoms with Crippen molar-refractivity contribution in [1.29, 1.82) is 0 Å². The van der Waals surface area contributed by atoms with Crippen molar-refractivity contribution in [1.82, 2.24) is 0 Å². The first-order valence-electron chi connectivity index (χ1n) is 7.04. The third-order valence-corrected chi connectivity index (χ3v) is 3.98. The Hall–Kier alpha value is -1.35. The summed E-state index contributed by atoms with van der Waals surface area (Å²) < 4.78 is 0. The second kappa shape index (κ2) is 5.33. The maximum Gasteiger partial charge on any atom is 0.230 e. The molecule has 104 valence electrons. The van der Waals surface area contributed by atoms with Gasteiger partial charge in [-0.25, -0.2) is 0 Å². The zero-order chi connectivity index (χ0) is 14.0. The first-order chi connectivity index (χ1) is 8.95. The zero-order valence-corrected chi connectivity index (χ0v) is 12.1. The summed E-state index contributed by atoms with van der Waals surface area (Å²) in [5, 5.41) is 0. The highest BCUT2D eigenvalue weighted by molar-refractivity contribution is 5.97. The van der Waals surface area contributed by atoms with E-state index in [1.54, 1.807) is 0 Å². The molecule has 2 rings (SSSR count). The summed E-state index contributed by atoms with van der Waals surface area (Å²) in [7, 11) is 0. The van der Waals surface area contributed by atoms with E-state index in [2.05, 4.69) is 32.9 Å². The number of anilines is 1. The van der Waals surface area contributed by atoms with Gasteiger partial charge in [0.15, 0.2) is 0 Å². The summed E-state index contributed by atoms with van der Waals surface area (Å²) in [6.45, 7) is 7.70. The van der Waals surface area contributed by atoms with E-state index >= 15 is 0 Å². The maximum atomic E-state index is 12.6. The number of rotatable bonds is 5. The molecular formula is C16H24N2O. The number of hydrogen-bond donors (Lipinski definition) is 1. The fourth-order valence-corrected chi connectivity index (χ4v) is 2.49. The molecule has 1 aromatic rings. The first-order valence-corrected chi connectivity index (χ1v) is 7.04. The van der Waals surface area contributed by atoms with Gasteiger partial charge in [-0.15, -0.1) is 0 Å². The van der Waals surface area contributed by atoms with Crippen molar-refractivity contribution in [2.75, 3.05) is 18.0 Å². The molecule has 19 heavy (non-hydrogen) atoms. The quantitative estimate of drug-likeness (QED) is 0.884. The number of carbonyl (C=O) groups excluding carboxylic acids is 1. The van der Waals surface area contributed by atoms with Gasteiger partial charge in [-0.2, -0.15) is 0 Å². The molecule has 0 heterocycles. The molecule has 0 radical (unpaired) electrons. The lowest BCUT2D eigenvalue weighted by Crippen LogP contribution is -2.35. The lowest BCUT2D eigenvalue weighted by Gasteiger charge is -2.24. The minimum absolute atomic E-state index is 0.169. The van der Waals surface area contributed by atoms with Crippen LogP contribution in [0.4, 0.5) is 5.69 Å². The molecule has 1 unspecified atom stereocenters. The van der Waals surface area contributed by atoms with E-state index in [9.17, 15) is 4.79 Å². The van der Waals surface area contributed by atoms with E-state index < -0.39 is 0 Å². The van der Waals surface area contributed by atoms with Crippen LogP contribution in [0.3, 0.4) is 0 Å². The van der Waals surface area contributed by atoms with E-state index in [1.807, 2.05) is 17.0 Å². The Morgan fingerprint density at radius 1 is 1.47 bits per heavy atom. The van der Waals surface area contributed by atoms with E-state index in [0.717, 1.165) is 18.5 Å². The van der Waals surface area contributed by atoms with Crippen molar-refractivity contribution in [2.45, 2.75) is 33.6 Å². The molecule has 2 N–H and O–H groups in total.